The lowest BCUT2D eigenvalue weighted by Crippen LogP contribution is -1.90. The van der Waals surface area contributed by atoms with Crippen molar-refractivity contribution >= 4 is 133 Å². The van der Waals surface area contributed by atoms with Crippen molar-refractivity contribution in [2.45, 2.75) is 6.92 Å². The number of aliphatic imine (C=N–C) groups is 9. The Morgan fingerprint density at radius 1 is 0.303 bits per heavy atom. The van der Waals surface area contributed by atoms with E-state index in [1.54, 1.807) is 0 Å². The summed E-state index contributed by atoms with van der Waals surface area (Å²) in [4.78, 5) is 37.9. The molecule has 33 heavy (non-hydrogen) atoms. The minimum Gasteiger partial charge on any atom is -0.264 e. The zero-order chi connectivity index (χ0) is 24.4. The Hall–Kier alpha value is -4.79. The first-order valence-corrected chi connectivity index (χ1v) is 9.36. The molecular formula is C24H21N9. The predicted molar refractivity (Wildman–Crippen MR) is 149 cm³/mol. The Balaban J connectivity index is 3.08. The van der Waals surface area contributed by atoms with E-state index in [9.17, 15) is 0 Å². The topological polar surface area (TPSA) is 111 Å². The van der Waals surface area contributed by atoms with Gasteiger partial charge in [-0.25, -0.2) is 0 Å². The summed E-state index contributed by atoms with van der Waals surface area (Å²) in [5.74, 6) is 0. The lowest BCUT2D eigenvalue weighted by atomic mass is 9.90. The van der Waals surface area contributed by atoms with Gasteiger partial charge in [0.15, 0.2) is 0 Å². The summed E-state index contributed by atoms with van der Waals surface area (Å²) < 4.78 is 0. The Morgan fingerprint density at radius 3 is 0.818 bits per heavy atom. The van der Waals surface area contributed by atoms with Crippen LogP contribution in [0.5, 0.6) is 0 Å². The Morgan fingerprint density at radius 2 is 0.545 bits per heavy atom. The van der Waals surface area contributed by atoms with Crippen LogP contribution in [-0.2, 0) is 0 Å². The van der Waals surface area contributed by atoms with Gasteiger partial charge in [-0.15, -0.1) is 0 Å². The molecule has 0 aliphatic carbocycles. The van der Waals surface area contributed by atoms with E-state index in [1.165, 1.54) is 0 Å². The van der Waals surface area contributed by atoms with E-state index in [2.05, 4.69) is 105 Å². The van der Waals surface area contributed by atoms with Gasteiger partial charge >= 0.3 is 0 Å². The molecule has 0 aliphatic heterocycles. The number of nitrogens with zero attached hydrogens (tertiary/aromatic N) is 9. The van der Waals surface area contributed by atoms with Crippen LogP contribution in [0, 0.1) is 6.92 Å². The Bertz CT molecular complexity index is 1480. The van der Waals surface area contributed by atoms with Gasteiger partial charge < -0.3 is 0 Å². The van der Waals surface area contributed by atoms with Gasteiger partial charge in [0, 0.05) is 27.1 Å². The van der Waals surface area contributed by atoms with Crippen molar-refractivity contribution in [3.05, 3.63) is 5.56 Å². The molecule has 0 aromatic heterocycles. The molecule has 0 fully saturated rings. The molecule has 3 rings (SSSR count). The molecule has 0 bridgehead atoms. The average molecular weight is 435 g/mol. The lowest BCUT2D eigenvalue weighted by Gasteiger charge is -2.21. The van der Waals surface area contributed by atoms with Gasteiger partial charge in [-0.05, 0) is 67.4 Å². The fourth-order valence-corrected chi connectivity index (χ4v) is 4.17. The highest BCUT2D eigenvalue weighted by molar-refractivity contribution is 6.33. The van der Waals surface area contributed by atoms with Crippen molar-refractivity contribution in [2.75, 3.05) is 0 Å². The highest BCUT2D eigenvalue weighted by atomic mass is 14.9. The second-order valence-corrected chi connectivity index (χ2v) is 6.69. The summed E-state index contributed by atoms with van der Waals surface area (Å²) in [5, 5.41) is 2.03. The van der Waals surface area contributed by atoms with E-state index in [4.69, 9.17) is 0 Å². The standard InChI is InChI=1S/C24H21N9/c1-11-16(25-2)12-13(20(29-6)17(11)26-3)19(28-5)15-14(18(12)27-4)21(30-7)23(32-9)24(33-10)22(15)31-8/h2-10H2,1H3. The fraction of sp³-hybridized carbons (Fsp3) is 0.0417. The molecule has 9 heteroatoms. The number of hydrogen-bond acceptors (Lipinski definition) is 9. The quantitative estimate of drug-likeness (QED) is 0.248. The largest absolute Gasteiger partial charge is 0.264 e. The first kappa shape index (κ1) is 22.9. The molecule has 0 spiro atoms. The summed E-state index contributed by atoms with van der Waals surface area (Å²) >= 11 is 0. The minimum atomic E-state index is 0.304. The summed E-state index contributed by atoms with van der Waals surface area (Å²) in [5.41, 5.74) is 4.15. The van der Waals surface area contributed by atoms with Crippen LogP contribution in [0.25, 0.3) is 21.5 Å². The van der Waals surface area contributed by atoms with Crippen molar-refractivity contribution in [3.63, 3.8) is 0 Å². The van der Waals surface area contributed by atoms with Gasteiger partial charge in [-0.1, -0.05) is 0 Å². The SMILES string of the molecule is C=Nc1c(C)c(N=C)c2c(N=C)c3c(N=C)c(N=C)c(N=C)c(N=C)c3c(N=C)c2c1N=C. The van der Waals surface area contributed by atoms with Crippen molar-refractivity contribution in [1.29, 1.82) is 0 Å². The van der Waals surface area contributed by atoms with Crippen LogP contribution < -0.4 is 0 Å². The molecule has 3 aromatic carbocycles. The van der Waals surface area contributed by atoms with Crippen LogP contribution in [0.1, 0.15) is 5.56 Å². The Labute approximate surface area is 191 Å². The van der Waals surface area contributed by atoms with E-state index >= 15 is 0 Å². The van der Waals surface area contributed by atoms with Crippen molar-refractivity contribution < 1.29 is 0 Å². The van der Waals surface area contributed by atoms with Gasteiger partial charge in [-0.2, -0.15) is 0 Å². The molecule has 9 nitrogen and oxygen atoms in total. The molecule has 0 radical (unpaired) electrons. The maximum Gasteiger partial charge on any atom is 0.116 e. The average Bonchev–Trinajstić information content (AvgIpc) is 2.84. The van der Waals surface area contributed by atoms with Crippen molar-refractivity contribution in [1.82, 2.24) is 0 Å². The second kappa shape index (κ2) is 8.75. The molecule has 0 aliphatic rings. The Kier molecular flexibility index (Phi) is 6.07. The monoisotopic (exact) mass is 435 g/mol. The van der Waals surface area contributed by atoms with Crippen LogP contribution in [0.2, 0.25) is 0 Å². The highest BCUT2D eigenvalue weighted by Gasteiger charge is 2.29. The van der Waals surface area contributed by atoms with Gasteiger partial charge in [0.05, 0.1) is 28.4 Å². The number of benzene rings is 3. The molecule has 3 aromatic rings. The third kappa shape index (κ3) is 2.90. The highest BCUT2D eigenvalue weighted by Crippen LogP contribution is 2.61. The molecule has 0 heterocycles. The molecule has 0 amide bonds. The van der Waals surface area contributed by atoms with Gasteiger partial charge in [0.25, 0.3) is 0 Å². The third-order valence-corrected chi connectivity index (χ3v) is 5.43. The molecular weight excluding hydrogens is 414 g/mol. The zero-order valence-electron chi connectivity index (χ0n) is 18.4. The molecule has 0 atom stereocenters. The van der Waals surface area contributed by atoms with Gasteiger partial charge in [0.1, 0.15) is 22.7 Å². The second-order valence-electron chi connectivity index (χ2n) is 6.69. The van der Waals surface area contributed by atoms with E-state index in [1.807, 2.05) is 6.92 Å². The molecule has 0 unspecified atom stereocenters. The van der Waals surface area contributed by atoms with Gasteiger partial charge in [-0.3, -0.25) is 44.9 Å². The maximum atomic E-state index is 4.33. The normalized spacial score (nSPS) is 10.5. The zero-order valence-corrected chi connectivity index (χ0v) is 18.4. The van der Waals surface area contributed by atoms with Crippen LogP contribution in [0.15, 0.2) is 44.9 Å². The summed E-state index contributed by atoms with van der Waals surface area (Å²) in [6.45, 7) is 35.3. The number of fused-ring (bicyclic) bond motifs is 2. The van der Waals surface area contributed by atoms with E-state index in [-0.39, 0.29) is 0 Å². The van der Waals surface area contributed by atoms with Crippen LogP contribution in [-0.4, -0.2) is 60.5 Å². The summed E-state index contributed by atoms with van der Waals surface area (Å²) in [6, 6.07) is 0. The van der Waals surface area contributed by atoms with E-state index in [0.717, 1.165) is 0 Å². The van der Waals surface area contributed by atoms with Crippen molar-refractivity contribution in [3.8, 4) is 0 Å². The van der Waals surface area contributed by atoms with Crippen molar-refractivity contribution in [2.24, 2.45) is 44.9 Å². The number of rotatable bonds is 9. The van der Waals surface area contributed by atoms with Crippen LogP contribution in [0.4, 0.5) is 51.2 Å². The lowest BCUT2D eigenvalue weighted by molar-refractivity contribution is 1.38. The first-order valence-electron chi connectivity index (χ1n) is 9.36. The van der Waals surface area contributed by atoms with Crippen LogP contribution >= 0.6 is 0 Å². The summed E-state index contributed by atoms with van der Waals surface area (Å²) in [7, 11) is 0. The van der Waals surface area contributed by atoms with Crippen LogP contribution in [0.3, 0.4) is 0 Å². The molecule has 162 valence electrons. The molecule has 0 saturated carbocycles. The first-order chi connectivity index (χ1) is 15.9. The maximum absolute atomic E-state index is 4.33. The molecule has 0 N–H and O–H groups in total. The number of hydrogen-bond donors (Lipinski definition) is 0. The van der Waals surface area contributed by atoms with Gasteiger partial charge in [0.2, 0.25) is 0 Å². The predicted octanol–water partition coefficient (Wildman–Crippen LogP) is 7.29. The summed E-state index contributed by atoms with van der Waals surface area (Å²) in [6.07, 6.45) is 0. The minimum absolute atomic E-state index is 0.304. The molecule has 0 saturated heterocycles. The van der Waals surface area contributed by atoms with E-state index < -0.39 is 0 Å². The van der Waals surface area contributed by atoms with E-state index in [0.29, 0.717) is 78.3 Å². The fourth-order valence-electron chi connectivity index (χ4n) is 4.17. The smallest absolute Gasteiger partial charge is 0.116 e. The third-order valence-electron chi connectivity index (χ3n) is 5.43.